The number of carbonyl (C=O) groups excluding carboxylic acids is 1. The number of nitrogens with zero attached hydrogens (tertiary/aromatic N) is 2. The summed E-state index contributed by atoms with van der Waals surface area (Å²) in [6.45, 7) is 0. The first kappa shape index (κ1) is 16.7. The van der Waals surface area contributed by atoms with E-state index >= 15 is 0 Å². The molecule has 2 heterocycles. The Bertz CT molecular complexity index is 907. The van der Waals surface area contributed by atoms with Crippen LogP contribution in [-0.4, -0.2) is 27.1 Å². The summed E-state index contributed by atoms with van der Waals surface area (Å²) in [5.74, 6) is 0.791. The molecule has 1 saturated heterocycles. The topological polar surface area (TPSA) is 76.6 Å². The molecule has 1 aromatic carbocycles. The number of amides is 1. The Morgan fingerprint density at radius 3 is 2.71 bits per heavy atom. The zero-order valence-corrected chi connectivity index (χ0v) is 14.6. The summed E-state index contributed by atoms with van der Waals surface area (Å²) in [5, 5.41) is 10.8. The lowest BCUT2D eigenvalue weighted by Crippen LogP contribution is -2.22. The van der Waals surface area contributed by atoms with E-state index in [2.05, 4.69) is 0 Å². The van der Waals surface area contributed by atoms with Gasteiger partial charge in [0.15, 0.2) is 0 Å². The van der Waals surface area contributed by atoms with Gasteiger partial charge >= 0.3 is 0 Å². The molecule has 1 aliphatic rings. The minimum absolute atomic E-state index is 0.0299. The molecule has 6 nitrogen and oxygen atoms in total. The molecule has 0 aliphatic carbocycles. The predicted octanol–water partition coefficient (Wildman–Crippen LogP) is 4.34. The molecule has 0 radical (unpaired) electrons. The van der Waals surface area contributed by atoms with Crippen molar-refractivity contribution in [1.82, 2.24) is 4.90 Å². The smallest absolute Gasteiger partial charge is 0.287 e. The summed E-state index contributed by atoms with van der Waals surface area (Å²) in [5.41, 5.74) is 0.437. The van der Waals surface area contributed by atoms with Crippen LogP contribution in [0.4, 0.5) is 5.69 Å². The number of benzene rings is 1. The van der Waals surface area contributed by atoms with E-state index < -0.39 is 4.92 Å². The maximum Gasteiger partial charge on any atom is 0.287 e. The van der Waals surface area contributed by atoms with Gasteiger partial charge in [-0.1, -0.05) is 35.6 Å². The van der Waals surface area contributed by atoms with E-state index in [-0.39, 0.29) is 16.6 Å². The number of carbonyl (C=O) groups is 1. The number of rotatable bonds is 3. The highest BCUT2D eigenvalue weighted by Crippen LogP contribution is 2.34. The lowest BCUT2D eigenvalue weighted by atomic mass is 10.1. The number of thioether (sulfide) groups is 1. The van der Waals surface area contributed by atoms with Crippen LogP contribution in [0.15, 0.2) is 39.7 Å². The van der Waals surface area contributed by atoms with Crippen molar-refractivity contribution in [3.63, 3.8) is 0 Å². The van der Waals surface area contributed by atoms with E-state index in [4.69, 9.17) is 28.2 Å². The zero-order valence-electron chi connectivity index (χ0n) is 12.2. The van der Waals surface area contributed by atoms with Crippen molar-refractivity contribution < 1.29 is 14.1 Å². The Hall–Kier alpha value is -2.16. The number of thiocarbonyl (C=S) groups is 1. The number of likely N-dealkylation sites (N-methyl/N-ethyl adjacent to an activating group) is 1. The normalized spacial score (nSPS) is 16.2. The lowest BCUT2D eigenvalue weighted by molar-refractivity contribution is -0.384. The third-order valence-electron chi connectivity index (χ3n) is 3.32. The first-order valence-corrected chi connectivity index (χ1v) is 8.23. The van der Waals surface area contributed by atoms with E-state index in [9.17, 15) is 14.9 Å². The Balaban J connectivity index is 1.89. The van der Waals surface area contributed by atoms with Crippen LogP contribution in [-0.2, 0) is 4.79 Å². The molecule has 9 heteroatoms. The van der Waals surface area contributed by atoms with Gasteiger partial charge in [0.25, 0.3) is 11.6 Å². The summed E-state index contributed by atoms with van der Waals surface area (Å²) in [4.78, 5) is 24.1. The van der Waals surface area contributed by atoms with Gasteiger partial charge in [-0.2, -0.15) is 0 Å². The molecule has 0 atom stereocenters. The number of halogens is 1. The van der Waals surface area contributed by atoms with Gasteiger partial charge < -0.3 is 4.42 Å². The molecular weight excluding hydrogens is 372 g/mol. The van der Waals surface area contributed by atoms with Gasteiger partial charge in [0.2, 0.25) is 0 Å². The van der Waals surface area contributed by atoms with Crippen LogP contribution in [0.25, 0.3) is 17.4 Å². The molecule has 0 saturated carbocycles. The fraction of sp³-hybridized carbons (Fsp3) is 0.0667. The minimum atomic E-state index is -0.549. The van der Waals surface area contributed by atoms with Gasteiger partial charge in [-0.15, -0.1) is 0 Å². The van der Waals surface area contributed by atoms with E-state index in [0.29, 0.717) is 26.3 Å². The van der Waals surface area contributed by atoms with Crippen LogP contribution < -0.4 is 0 Å². The van der Waals surface area contributed by atoms with Gasteiger partial charge in [-0.05, 0) is 24.3 Å². The standard InChI is InChI=1S/C15H9ClN2O4S2/c1-17-14(19)13(24-15(17)23)7-9-3-5-12(22-9)8-2-4-11(18(20)21)10(16)6-8/h2-7H,1H3/b13-7+. The number of nitro benzene ring substituents is 1. The predicted molar refractivity (Wildman–Crippen MR) is 96.7 cm³/mol. The molecule has 0 N–H and O–H groups in total. The molecule has 2 aromatic rings. The summed E-state index contributed by atoms with van der Waals surface area (Å²) < 4.78 is 6.16. The van der Waals surface area contributed by atoms with E-state index in [1.54, 1.807) is 31.3 Å². The van der Waals surface area contributed by atoms with Gasteiger partial charge in [0, 0.05) is 24.8 Å². The van der Waals surface area contributed by atoms with E-state index in [0.717, 1.165) is 0 Å². The molecule has 1 aromatic heterocycles. The molecule has 24 heavy (non-hydrogen) atoms. The van der Waals surface area contributed by atoms with Crippen LogP contribution >= 0.6 is 35.6 Å². The van der Waals surface area contributed by atoms with Crippen LogP contribution in [0.3, 0.4) is 0 Å². The SMILES string of the molecule is CN1C(=O)/C(=C\c2ccc(-c3ccc([N+](=O)[O-])c(Cl)c3)o2)SC1=S. The van der Waals surface area contributed by atoms with E-state index in [1.165, 1.54) is 28.8 Å². The van der Waals surface area contributed by atoms with Crippen LogP contribution in [0, 0.1) is 10.1 Å². The molecule has 122 valence electrons. The Labute approximate surface area is 151 Å². The van der Waals surface area contributed by atoms with Gasteiger partial charge in [-0.25, -0.2) is 0 Å². The van der Waals surface area contributed by atoms with Crippen LogP contribution in [0.5, 0.6) is 0 Å². The molecule has 1 amide bonds. The highest BCUT2D eigenvalue weighted by atomic mass is 35.5. The average molecular weight is 381 g/mol. The van der Waals surface area contributed by atoms with Crippen molar-refractivity contribution >= 4 is 57.6 Å². The van der Waals surface area contributed by atoms with Crippen molar-refractivity contribution in [3.05, 3.63) is 56.1 Å². The lowest BCUT2D eigenvalue weighted by Gasteiger charge is -2.03. The minimum Gasteiger partial charge on any atom is -0.457 e. The fourth-order valence-electron chi connectivity index (χ4n) is 2.07. The summed E-state index contributed by atoms with van der Waals surface area (Å²) in [6.07, 6.45) is 1.61. The highest BCUT2D eigenvalue weighted by Gasteiger charge is 2.29. The van der Waals surface area contributed by atoms with Crippen LogP contribution in [0.1, 0.15) is 5.76 Å². The second-order valence-corrected chi connectivity index (χ2v) is 6.95. The average Bonchev–Trinajstić information content (AvgIpc) is 3.09. The fourth-order valence-corrected chi connectivity index (χ4v) is 3.48. The van der Waals surface area contributed by atoms with Crippen molar-refractivity contribution in [2.45, 2.75) is 0 Å². The quantitative estimate of drug-likeness (QED) is 0.341. The van der Waals surface area contributed by atoms with Gasteiger partial charge in [-0.3, -0.25) is 19.8 Å². The maximum atomic E-state index is 12.0. The zero-order chi connectivity index (χ0) is 17.4. The number of hydrogen-bond acceptors (Lipinski definition) is 6. The largest absolute Gasteiger partial charge is 0.457 e. The van der Waals surface area contributed by atoms with E-state index in [1.807, 2.05) is 0 Å². The molecule has 1 fully saturated rings. The third kappa shape index (κ3) is 3.08. The Morgan fingerprint density at radius 1 is 1.38 bits per heavy atom. The monoisotopic (exact) mass is 380 g/mol. The molecule has 3 rings (SSSR count). The molecular formula is C15H9ClN2O4S2. The molecule has 0 spiro atoms. The molecule has 0 bridgehead atoms. The molecule has 0 unspecified atom stereocenters. The Morgan fingerprint density at radius 2 is 2.12 bits per heavy atom. The van der Waals surface area contributed by atoms with Crippen molar-refractivity contribution in [3.8, 4) is 11.3 Å². The number of nitro groups is 1. The van der Waals surface area contributed by atoms with Crippen molar-refractivity contribution in [2.24, 2.45) is 0 Å². The molecule has 1 aliphatic heterocycles. The summed E-state index contributed by atoms with van der Waals surface area (Å²) >= 11 is 12.2. The van der Waals surface area contributed by atoms with Crippen molar-refractivity contribution in [1.29, 1.82) is 0 Å². The second kappa shape index (κ2) is 6.39. The maximum absolute atomic E-state index is 12.0. The van der Waals surface area contributed by atoms with Gasteiger partial charge in [0.1, 0.15) is 20.9 Å². The number of hydrogen-bond donors (Lipinski definition) is 0. The summed E-state index contributed by atoms with van der Waals surface area (Å²) in [7, 11) is 1.62. The van der Waals surface area contributed by atoms with Crippen molar-refractivity contribution in [2.75, 3.05) is 7.05 Å². The van der Waals surface area contributed by atoms with Gasteiger partial charge in [0.05, 0.1) is 9.83 Å². The van der Waals surface area contributed by atoms with Crippen LogP contribution in [0.2, 0.25) is 5.02 Å². The first-order chi connectivity index (χ1) is 11.4. The Kier molecular flexibility index (Phi) is 4.44. The first-order valence-electron chi connectivity index (χ1n) is 6.62. The summed E-state index contributed by atoms with van der Waals surface area (Å²) in [6, 6.07) is 7.75. The second-order valence-electron chi connectivity index (χ2n) is 4.87. The highest BCUT2D eigenvalue weighted by molar-refractivity contribution is 8.26. The number of furan rings is 1. The third-order valence-corrected chi connectivity index (χ3v) is 5.10.